The van der Waals surface area contributed by atoms with E-state index in [1.165, 1.54) is 0 Å². The second-order valence-electron chi connectivity index (χ2n) is 6.08. The van der Waals surface area contributed by atoms with E-state index in [2.05, 4.69) is 5.10 Å². The van der Waals surface area contributed by atoms with E-state index in [1.807, 2.05) is 20.9 Å². The quantitative estimate of drug-likeness (QED) is 0.909. The highest BCUT2D eigenvalue weighted by molar-refractivity contribution is 5.93. The summed E-state index contributed by atoms with van der Waals surface area (Å²) in [6, 6.07) is 1.80. The third kappa shape index (κ3) is 2.42. The van der Waals surface area contributed by atoms with Gasteiger partial charge < -0.3 is 10.0 Å². The SMILES string of the molecule is CC(C)c1cc(C(=O)N2CCC(C)(C(=O)O)C2)nn1C. The molecule has 0 spiro atoms. The number of rotatable bonds is 3. The van der Waals surface area contributed by atoms with E-state index < -0.39 is 11.4 Å². The molecule has 1 aromatic rings. The van der Waals surface area contributed by atoms with Crippen LogP contribution in [0.5, 0.6) is 0 Å². The number of carbonyl (C=O) groups is 2. The van der Waals surface area contributed by atoms with E-state index in [1.54, 1.807) is 22.6 Å². The third-order valence-corrected chi connectivity index (χ3v) is 4.00. The Bertz CT molecular complexity index is 550. The summed E-state index contributed by atoms with van der Waals surface area (Å²) in [5, 5.41) is 13.5. The lowest BCUT2D eigenvalue weighted by molar-refractivity contribution is -0.147. The molecule has 6 nitrogen and oxygen atoms in total. The Balaban J connectivity index is 2.17. The van der Waals surface area contributed by atoms with Crippen molar-refractivity contribution in [1.29, 1.82) is 0 Å². The standard InChI is InChI=1S/C14H21N3O3/c1-9(2)11-7-10(15-16(11)4)12(18)17-6-5-14(3,8-17)13(19)20/h7,9H,5-6,8H2,1-4H3,(H,19,20). The highest BCUT2D eigenvalue weighted by atomic mass is 16.4. The molecule has 1 fully saturated rings. The van der Waals surface area contributed by atoms with Crippen LogP contribution in [0, 0.1) is 5.41 Å². The van der Waals surface area contributed by atoms with Crippen LogP contribution in [0.1, 0.15) is 49.3 Å². The van der Waals surface area contributed by atoms with Gasteiger partial charge in [0.15, 0.2) is 5.69 Å². The minimum absolute atomic E-state index is 0.183. The Kier molecular flexibility index (Phi) is 3.58. The molecule has 0 bridgehead atoms. The molecule has 1 aliphatic heterocycles. The fourth-order valence-electron chi connectivity index (χ4n) is 2.60. The molecule has 0 saturated carbocycles. The van der Waals surface area contributed by atoms with Crippen molar-refractivity contribution in [2.45, 2.75) is 33.1 Å². The van der Waals surface area contributed by atoms with Crippen molar-refractivity contribution in [2.75, 3.05) is 13.1 Å². The maximum Gasteiger partial charge on any atom is 0.311 e. The van der Waals surface area contributed by atoms with Crippen LogP contribution in [0.4, 0.5) is 0 Å². The molecular formula is C14H21N3O3. The number of hydrogen-bond donors (Lipinski definition) is 1. The molecule has 20 heavy (non-hydrogen) atoms. The zero-order chi connectivity index (χ0) is 15.1. The van der Waals surface area contributed by atoms with Gasteiger partial charge in [0.25, 0.3) is 5.91 Å². The number of nitrogens with zero attached hydrogens (tertiary/aromatic N) is 3. The molecule has 1 atom stereocenters. The zero-order valence-electron chi connectivity index (χ0n) is 12.4. The lowest BCUT2D eigenvalue weighted by Gasteiger charge is -2.19. The first-order valence-corrected chi connectivity index (χ1v) is 6.81. The van der Waals surface area contributed by atoms with Crippen molar-refractivity contribution in [1.82, 2.24) is 14.7 Å². The molecule has 110 valence electrons. The number of hydrogen-bond acceptors (Lipinski definition) is 3. The third-order valence-electron chi connectivity index (χ3n) is 4.00. The first-order valence-electron chi connectivity index (χ1n) is 6.81. The van der Waals surface area contributed by atoms with E-state index in [0.717, 1.165) is 5.69 Å². The Morgan fingerprint density at radius 1 is 1.45 bits per heavy atom. The van der Waals surface area contributed by atoms with Gasteiger partial charge in [-0.2, -0.15) is 5.10 Å². The number of carbonyl (C=O) groups excluding carboxylic acids is 1. The fraction of sp³-hybridized carbons (Fsp3) is 0.643. The van der Waals surface area contributed by atoms with E-state index in [-0.39, 0.29) is 18.4 Å². The monoisotopic (exact) mass is 279 g/mol. The van der Waals surface area contributed by atoms with Crippen LogP contribution in [0.3, 0.4) is 0 Å². The lowest BCUT2D eigenvalue weighted by Crippen LogP contribution is -2.35. The molecule has 1 aliphatic rings. The molecule has 2 heterocycles. The maximum absolute atomic E-state index is 12.4. The van der Waals surface area contributed by atoms with E-state index in [0.29, 0.717) is 18.7 Å². The first kappa shape index (κ1) is 14.6. The molecule has 0 radical (unpaired) electrons. The van der Waals surface area contributed by atoms with Gasteiger partial charge in [0.1, 0.15) is 0 Å². The van der Waals surface area contributed by atoms with E-state index in [9.17, 15) is 14.7 Å². The summed E-state index contributed by atoms with van der Waals surface area (Å²) in [5.74, 6) is -0.744. The Labute approximate surface area is 118 Å². The second kappa shape index (κ2) is 4.92. The van der Waals surface area contributed by atoms with Gasteiger partial charge in [-0.3, -0.25) is 14.3 Å². The molecule has 1 amide bonds. The van der Waals surface area contributed by atoms with Gasteiger partial charge in [-0.15, -0.1) is 0 Å². The Morgan fingerprint density at radius 3 is 2.55 bits per heavy atom. The molecular weight excluding hydrogens is 258 g/mol. The largest absolute Gasteiger partial charge is 0.481 e. The van der Waals surface area contributed by atoms with Gasteiger partial charge in [0.2, 0.25) is 0 Å². The minimum Gasteiger partial charge on any atom is -0.481 e. The number of aromatic nitrogens is 2. The molecule has 6 heteroatoms. The summed E-state index contributed by atoms with van der Waals surface area (Å²) in [4.78, 5) is 25.2. The summed E-state index contributed by atoms with van der Waals surface area (Å²) in [7, 11) is 1.82. The number of aliphatic carboxylic acids is 1. The fourth-order valence-corrected chi connectivity index (χ4v) is 2.60. The first-order chi connectivity index (χ1) is 9.24. The van der Waals surface area contributed by atoms with Gasteiger partial charge in [-0.25, -0.2) is 0 Å². The van der Waals surface area contributed by atoms with Crippen LogP contribution in [0.25, 0.3) is 0 Å². The van der Waals surface area contributed by atoms with Crippen LogP contribution in [0.15, 0.2) is 6.07 Å². The highest BCUT2D eigenvalue weighted by Crippen LogP contribution is 2.31. The summed E-state index contributed by atoms with van der Waals surface area (Å²) in [5.41, 5.74) is 0.546. The van der Waals surface area contributed by atoms with Crippen LogP contribution in [0.2, 0.25) is 0 Å². The molecule has 1 unspecified atom stereocenters. The average Bonchev–Trinajstić information content (AvgIpc) is 2.93. The normalized spacial score (nSPS) is 22.6. The molecule has 2 rings (SSSR count). The average molecular weight is 279 g/mol. The molecule has 1 aromatic heterocycles. The van der Waals surface area contributed by atoms with Crippen molar-refractivity contribution in [2.24, 2.45) is 12.5 Å². The predicted molar refractivity (Wildman–Crippen MR) is 73.6 cm³/mol. The maximum atomic E-state index is 12.4. The summed E-state index contributed by atoms with van der Waals surface area (Å²) >= 11 is 0. The highest BCUT2D eigenvalue weighted by Gasteiger charge is 2.42. The van der Waals surface area contributed by atoms with Crippen LogP contribution in [-0.2, 0) is 11.8 Å². The van der Waals surface area contributed by atoms with Crippen molar-refractivity contribution in [3.05, 3.63) is 17.5 Å². The Morgan fingerprint density at radius 2 is 2.10 bits per heavy atom. The topological polar surface area (TPSA) is 75.4 Å². The smallest absolute Gasteiger partial charge is 0.311 e. The van der Waals surface area contributed by atoms with Gasteiger partial charge in [0.05, 0.1) is 5.41 Å². The zero-order valence-corrected chi connectivity index (χ0v) is 12.4. The summed E-state index contributed by atoms with van der Waals surface area (Å²) in [6.45, 7) is 6.48. The number of carboxylic acid groups (broad SMARTS) is 1. The summed E-state index contributed by atoms with van der Waals surface area (Å²) in [6.07, 6.45) is 0.484. The van der Waals surface area contributed by atoms with Crippen molar-refractivity contribution in [3.8, 4) is 0 Å². The predicted octanol–water partition coefficient (Wildman–Crippen LogP) is 1.48. The van der Waals surface area contributed by atoms with Crippen molar-refractivity contribution >= 4 is 11.9 Å². The van der Waals surface area contributed by atoms with E-state index >= 15 is 0 Å². The number of aryl methyl sites for hydroxylation is 1. The second-order valence-corrected chi connectivity index (χ2v) is 6.08. The Hall–Kier alpha value is -1.85. The molecule has 0 aliphatic carbocycles. The van der Waals surface area contributed by atoms with Crippen LogP contribution < -0.4 is 0 Å². The number of likely N-dealkylation sites (tertiary alicyclic amines) is 1. The van der Waals surface area contributed by atoms with Gasteiger partial charge in [-0.05, 0) is 25.3 Å². The van der Waals surface area contributed by atoms with Gasteiger partial charge in [-0.1, -0.05) is 13.8 Å². The van der Waals surface area contributed by atoms with Gasteiger partial charge in [0, 0.05) is 25.8 Å². The lowest BCUT2D eigenvalue weighted by atomic mass is 9.90. The van der Waals surface area contributed by atoms with Crippen molar-refractivity contribution in [3.63, 3.8) is 0 Å². The minimum atomic E-state index is -0.850. The molecule has 1 saturated heterocycles. The molecule has 1 N–H and O–H groups in total. The summed E-state index contributed by atoms with van der Waals surface area (Å²) < 4.78 is 1.71. The number of carboxylic acids is 1. The van der Waals surface area contributed by atoms with Crippen LogP contribution in [-0.4, -0.2) is 44.8 Å². The van der Waals surface area contributed by atoms with Gasteiger partial charge >= 0.3 is 5.97 Å². The molecule has 0 aromatic carbocycles. The van der Waals surface area contributed by atoms with Crippen LogP contribution >= 0.6 is 0 Å². The van der Waals surface area contributed by atoms with Crippen molar-refractivity contribution < 1.29 is 14.7 Å². The van der Waals surface area contributed by atoms with E-state index in [4.69, 9.17) is 0 Å². The number of amides is 1.